The van der Waals surface area contributed by atoms with E-state index >= 15 is 0 Å². The smallest absolute Gasteiger partial charge is 0.303 e. The van der Waals surface area contributed by atoms with Crippen molar-refractivity contribution in [2.45, 2.75) is 45.3 Å². The van der Waals surface area contributed by atoms with Crippen LogP contribution in [0.1, 0.15) is 27.0 Å². The summed E-state index contributed by atoms with van der Waals surface area (Å²) < 4.78 is 22.9. The van der Waals surface area contributed by atoms with Crippen molar-refractivity contribution in [3.63, 3.8) is 0 Å². The summed E-state index contributed by atoms with van der Waals surface area (Å²) in [5, 5.41) is 3.33. The zero-order chi connectivity index (χ0) is 22.7. The Hall–Kier alpha value is -3.97. The van der Waals surface area contributed by atoms with Gasteiger partial charge in [0.05, 0.1) is 6.33 Å². The summed E-state index contributed by atoms with van der Waals surface area (Å²) in [6.07, 6.45) is -2.99. The highest BCUT2D eigenvalue weighted by atomic mass is 16.7. The van der Waals surface area contributed by atoms with Gasteiger partial charge in [0.15, 0.2) is 29.9 Å². The quantitative estimate of drug-likeness (QED) is 0.220. The van der Waals surface area contributed by atoms with E-state index in [0.717, 1.165) is 0 Å². The Kier molecular flexibility index (Phi) is 6.17. The number of fused-ring (bicyclic) bond motifs is 1. The van der Waals surface area contributed by atoms with E-state index in [1.54, 1.807) is 0 Å². The fraction of sp³-hybridized carbons (Fsp3) is 0.500. The molecule has 0 radical (unpaired) electrons. The molecule has 0 aromatic carbocycles. The standard InChI is InChI=1S/C16H18N8O7/c1-6(25)28-4-9-11(29-7(2)26)12(30-8(3)27)15(31-9)24-5-19-10-13(17)20-16(22-23-18)21-14(10)24/h5,9,11-12,15H,4H2,1-3H3,(H2,17,20,21). The Morgan fingerprint density at radius 3 is 2.48 bits per heavy atom. The van der Waals surface area contributed by atoms with Crippen LogP contribution in [0, 0.1) is 0 Å². The van der Waals surface area contributed by atoms with Gasteiger partial charge in [-0.25, -0.2) is 15.0 Å². The molecule has 15 heteroatoms. The Labute approximate surface area is 174 Å². The van der Waals surface area contributed by atoms with Crippen LogP contribution in [0.5, 0.6) is 0 Å². The molecule has 4 unspecified atom stereocenters. The molecule has 2 N–H and O–H groups in total. The number of rotatable bonds is 6. The number of nitrogens with zero attached hydrogens (tertiary/aromatic N) is 7. The first kappa shape index (κ1) is 21.7. The van der Waals surface area contributed by atoms with E-state index in [9.17, 15) is 14.4 Å². The number of carbonyl (C=O) groups excluding carboxylic acids is 3. The summed E-state index contributed by atoms with van der Waals surface area (Å²) in [6.45, 7) is 3.29. The largest absolute Gasteiger partial charge is 0.463 e. The van der Waals surface area contributed by atoms with Gasteiger partial charge in [-0.3, -0.25) is 19.0 Å². The maximum absolute atomic E-state index is 11.7. The molecule has 0 saturated carbocycles. The minimum atomic E-state index is -1.14. The molecule has 1 aliphatic rings. The fourth-order valence-corrected chi connectivity index (χ4v) is 3.11. The zero-order valence-electron chi connectivity index (χ0n) is 16.7. The Balaban J connectivity index is 2.08. The van der Waals surface area contributed by atoms with Crippen molar-refractivity contribution < 1.29 is 33.3 Å². The molecule has 2 aromatic rings. The van der Waals surface area contributed by atoms with Crippen LogP contribution in [-0.2, 0) is 33.3 Å². The van der Waals surface area contributed by atoms with E-state index < -0.39 is 42.4 Å². The molecule has 1 saturated heterocycles. The topological polar surface area (TPSA) is 207 Å². The lowest BCUT2D eigenvalue weighted by molar-refractivity contribution is -0.166. The van der Waals surface area contributed by atoms with Gasteiger partial charge < -0.3 is 24.7 Å². The summed E-state index contributed by atoms with van der Waals surface area (Å²) in [6, 6.07) is 0. The number of aromatic nitrogens is 4. The number of azide groups is 1. The molecule has 1 fully saturated rings. The third kappa shape index (κ3) is 4.62. The van der Waals surface area contributed by atoms with Crippen molar-refractivity contribution >= 4 is 40.8 Å². The van der Waals surface area contributed by atoms with E-state index in [-0.39, 0.29) is 29.5 Å². The highest BCUT2D eigenvalue weighted by Crippen LogP contribution is 2.36. The van der Waals surface area contributed by atoms with Crippen LogP contribution < -0.4 is 5.73 Å². The summed E-state index contributed by atoms with van der Waals surface area (Å²) >= 11 is 0. The molecule has 15 nitrogen and oxygen atoms in total. The summed E-state index contributed by atoms with van der Waals surface area (Å²) in [5.74, 6) is -2.22. The first-order valence-corrected chi connectivity index (χ1v) is 8.89. The molecule has 164 valence electrons. The lowest BCUT2D eigenvalue weighted by Crippen LogP contribution is -2.40. The van der Waals surface area contributed by atoms with Gasteiger partial charge in [0.25, 0.3) is 0 Å². The lowest BCUT2D eigenvalue weighted by Gasteiger charge is -2.23. The SMILES string of the molecule is CC(=O)OCC1OC(n2cnc3c(N)nc(N=[N+]=[N-])nc32)C(OC(C)=O)C1OC(C)=O. The number of esters is 3. The number of ether oxygens (including phenoxy) is 4. The van der Waals surface area contributed by atoms with Gasteiger partial charge >= 0.3 is 17.9 Å². The van der Waals surface area contributed by atoms with Crippen LogP contribution in [0.15, 0.2) is 11.4 Å². The van der Waals surface area contributed by atoms with E-state index in [1.165, 1.54) is 31.7 Å². The second kappa shape index (κ2) is 8.81. The van der Waals surface area contributed by atoms with Gasteiger partial charge in [0.2, 0.25) is 5.95 Å². The van der Waals surface area contributed by atoms with Gasteiger partial charge in [-0.2, -0.15) is 0 Å². The maximum atomic E-state index is 11.7. The molecule has 0 aliphatic carbocycles. The van der Waals surface area contributed by atoms with Gasteiger partial charge in [-0.15, -0.1) is 0 Å². The normalized spacial score (nSPS) is 22.5. The predicted octanol–water partition coefficient (Wildman–Crippen LogP) is 0.674. The van der Waals surface area contributed by atoms with Crippen molar-refractivity contribution in [3.05, 3.63) is 16.8 Å². The number of carbonyl (C=O) groups is 3. The lowest BCUT2D eigenvalue weighted by atomic mass is 10.1. The summed E-state index contributed by atoms with van der Waals surface area (Å²) in [4.78, 5) is 49.3. The Morgan fingerprint density at radius 2 is 1.87 bits per heavy atom. The first-order valence-electron chi connectivity index (χ1n) is 8.89. The second-order valence-corrected chi connectivity index (χ2v) is 6.44. The number of hydrogen-bond acceptors (Lipinski definition) is 12. The molecular weight excluding hydrogens is 416 g/mol. The maximum Gasteiger partial charge on any atom is 0.303 e. The van der Waals surface area contributed by atoms with Crippen molar-refractivity contribution in [3.8, 4) is 0 Å². The van der Waals surface area contributed by atoms with Crippen LogP contribution in [-0.4, -0.2) is 62.3 Å². The number of nitrogens with two attached hydrogens (primary N) is 1. The molecule has 3 rings (SSSR count). The van der Waals surface area contributed by atoms with Crippen molar-refractivity contribution in [1.82, 2.24) is 19.5 Å². The molecular formula is C16H18N8O7. The molecule has 3 heterocycles. The number of imidazole rings is 1. The molecule has 31 heavy (non-hydrogen) atoms. The minimum Gasteiger partial charge on any atom is -0.463 e. The fourth-order valence-electron chi connectivity index (χ4n) is 3.11. The van der Waals surface area contributed by atoms with Crippen LogP contribution in [0.2, 0.25) is 0 Å². The first-order chi connectivity index (χ1) is 14.7. The summed E-state index contributed by atoms with van der Waals surface area (Å²) in [7, 11) is 0. The number of anilines is 1. The number of nitrogen functional groups attached to an aromatic ring is 1. The molecule has 0 spiro atoms. The second-order valence-electron chi connectivity index (χ2n) is 6.44. The Morgan fingerprint density at radius 1 is 1.19 bits per heavy atom. The zero-order valence-corrected chi connectivity index (χ0v) is 16.7. The van der Waals surface area contributed by atoms with Crippen molar-refractivity contribution in [1.29, 1.82) is 0 Å². The Bertz CT molecular complexity index is 1080. The van der Waals surface area contributed by atoms with Gasteiger partial charge in [-0.1, -0.05) is 0 Å². The van der Waals surface area contributed by atoms with E-state index in [1.807, 2.05) is 0 Å². The molecule has 4 atom stereocenters. The van der Waals surface area contributed by atoms with Crippen LogP contribution in [0.4, 0.5) is 11.8 Å². The highest BCUT2D eigenvalue weighted by molar-refractivity contribution is 5.82. The highest BCUT2D eigenvalue weighted by Gasteiger charge is 2.51. The van der Waals surface area contributed by atoms with Crippen LogP contribution in [0.25, 0.3) is 21.6 Å². The monoisotopic (exact) mass is 434 g/mol. The average Bonchev–Trinajstić information content (AvgIpc) is 3.22. The third-order valence-electron chi connectivity index (χ3n) is 4.19. The van der Waals surface area contributed by atoms with Crippen LogP contribution in [0.3, 0.4) is 0 Å². The molecule has 0 amide bonds. The van der Waals surface area contributed by atoms with Gasteiger partial charge in [-0.05, 0) is 10.6 Å². The minimum absolute atomic E-state index is 0.0545. The molecule has 2 aromatic heterocycles. The van der Waals surface area contributed by atoms with Gasteiger partial charge in [0.1, 0.15) is 18.2 Å². The summed E-state index contributed by atoms with van der Waals surface area (Å²) in [5.41, 5.74) is 14.8. The van der Waals surface area contributed by atoms with E-state index in [2.05, 4.69) is 25.0 Å². The van der Waals surface area contributed by atoms with E-state index in [0.29, 0.717) is 0 Å². The molecule has 0 bridgehead atoms. The average molecular weight is 434 g/mol. The number of hydrogen-bond donors (Lipinski definition) is 1. The van der Waals surface area contributed by atoms with E-state index in [4.69, 9.17) is 30.2 Å². The van der Waals surface area contributed by atoms with Gasteiger partial charge in [0, 0.05) is 25.7 Å². The van der Waals surface area contributed by atoms with Crippen LogP contribution >= 0.6 is 0 Å². The molecule has 1 aliphatic heterocycles. The van der Waals surface area contributed by atoms with Crippen molar-refractivity contribution in [2.75, 3.05) is 12.3 Å². The third-order valence-corrected chi connectivity index (χ3v) is 4.19. The predicted molar refractivity (Wildman–Crippen MR) is 100 cm³/mol. The van der Waals surface area contributed by atoms with Crippen molar-refractivity contribution in [2.24, 2.45) is 5.11 Å².